The number of aromatic nitrogens is 1. The molecule has 0 aliphatic carbocycles. The summed E-state index contributed by atoms with van der Waals surface area (Å²) in [5.74, 6) is 1.52. The van der Waals surface area contributed by atoms with Gasteiger partial charge in [0, 0.05) is 0 Å². The Morgan fingerprint density at radius 3 is 3.00 bits per heavy atom. The number of hydrogen-bond donors (Lipinski definition) is 1. The summed E-state index contributed by atoms with van der Waals surface area (Å²) in [4.78, 5) is 4.16. The average molecular weight is 212 g/mol. The van der Waals surface area contributed by atoms with Crippen molar-refractivity contribution in [1.29, 1.82) is 0 Å². The standard InChI is InChI=1S/C11H20N2O2/c1-4-5-12-7-11-13-6-10(15-11)8-14-9(2)3/h6,9,12H,4-5,7-8H2,1-3H3. The number of hydrogen-bond acceptors (Lipinski definition) is 4. The van der Waals surface area contributed by atoms with Gasteiger partial charge in [-0.1, -0.05) is 6.92 Å². The first-order valence-corrected chi connectivity index (χ1v) is 5.48. The molecule has 15 heavy (non-hydrogen) atoms. The fourth-order valence-corrected chi connectivity index (χ4v) is 1.12. The first-order chi connectivity index (χ1) is 7.22. The van der Waals surface area contributed by atoms with E-state index in [4.69, 9.17) is 9.15 Å². The van der Waals surface area contributed by atoms with Crippen LogP contribution in [0, 0.1) is 0 Å². The van der Waals surface area contributed by atoms with E-state index in [-0.39, 0.29) is 6.10 Å². The van der Waals surface area contributed by atoms with Gasteiger partial charge in [0.05, 0.1) is 18.8 Å². The highest BCUT2D eigenvalue weighted by Gasteiger charge is 2.04. The van der Waals surface area contributed by atoms with Gasteiger partial charge >= 0.3 is 0 Å². The second-order valence-corrected chi connectivity index (χ2v) is 3.76. The van der Waals surface area contributed by atoms with Gasteiger partial charge in [-0.3, -0.25) is 0 Å². The second-order valence-electron chi connectivity index (χ2n) is 3.76. The molecule has 0 unspecified atom stereocenters. The van der Waals surface area contributed by atoms with Crippen molar-refractivity contribution in [3.8, 4) is 0 Å². The van der Waals surface area contributed by atoms with Crippen molar-refractivity contribution >= 4 is 0 Å². The maximum absolute atomic E-state index is 5.48. The second kappa shape index (κ2) is 6.58. The van der Waals surface area contributed by atoms with Gasteiger partial charge in [-0.15, -0.1) is 0 Å². The molecule has 0 aromatic carbocycles. The molecule has 0 saturated heterocycles. The Hall–Kier alpha value is -0.870. The normalized spacial score (nSPS) is 11.2. The molecule has 1 aromatic rings. The summed E-state index contributed by atoms with van der Waals surface area (Å²) in [6.07, 6.45) is 3.06. The lowest BCUT2D eigenvalue weighted by Crippen LogP contribution is -2.13. The molecule has 1 aromatic heterocycles. The van der Waals surface area contributed by atoms with Crippen molar-refractivity contribution < 1.29 is 9.15 Å². The van der Waals surface area contributed by atoms with Gasteiger partial charge in [0.15, 0.2) is 0 Å². The van der Waals surface area contributed by atoms with Crippen LogP contribution in [-0.2, 0) is 17.9 Å². The Kier molecular flexibility index (Phi) is 5.36. The van der Waals surface area contributed by atoms with Crippen LogP contribution in [0.4, 0.5) is 0 Å². The van der Waals surface area contributed by atoms with E-state index >= 15 is 0 Å². The molecule has 1 N–H and O–H groups in total. The Morgan fingerprint density at radius 2 is 2.33 bits per heavy atom. The number of nitrogens with zero attached hydrogens (tertiary/aromatic N) is 1. The zero-order valence-electron chi connectivity index (χ0n) is 9.75. The molecule has 0 atom stereocenters. The zero-order valence-corrected chi connectivity index (χ0v) is 9.75. The number of nitrogens with one attached hydrogen (secondary N) is 1. The largest absolute Gasteiger partial charge is 0.442 e. The van der Waals surface area contributed by atoms with Crippen LogP contribution >= 0.6 is 0 Å². The molecular weight excluding hydrogens is 192 g/mol. The van der Waals surface area contributed by atoms with Crippen molar-refractivity contribution in [3.63, 3.8) is 0 Å². The maximum Gasteiger partial charge on any atom is 0.208 e. The van der Waals surface area contributed by atoms with Gasteiger partial charge in [-0.25, -0.2) is 4.98 Å². The molecular formula is C11H20N2O2. The first kappa shape index (κ1) is 12.2. The van der Waals surface area contributed by atoms with Gasteiger partial charge in [0.1, 0.15) is 12.4 Å². The molecule has 0 fully saturated rings. The third-order valence-corrected chi connectivity index (χ3v) is 1.86. The van der Waals surface area contributed by atoms with Crippen LogP contribution in [0.1, 0.15) is 38.8 Å². The summed E-state index contributed by atoms with van der Waals surface area (Å²) >= 11 is 0. The average Bonchev–Trinajstić information content (AvgIpc) is 2.63. The van der Waals surface area contributed by atoms with Gasteiger partial charge < -0.3 is 14.5 Å². The lowest BCUT2D eigenvalue weighted by molar-refractivity contribution is 0.0538. The topological polar surface area (TPSA) is 47.3 Å². The van der Waals surface area contributed by atoms with Crippen molar-refractivity contribution in [2.75, 3.05) is 6.54 Å². The van der Waals surface area contributed by atoms with Crippen LogP contribution in [0.3, 0.4) is 0 Å². The van der Waals surface area contributed by atoms with E-state index in [0.29, 0.717) is 13.2 Å². The summed E-state index contributed by atoms with van der Waals surface area (Å²) < 4.78 is 10.9. The van der Waals surface area contributed by atoms with Crippen LogP contribution in [0.5, 0.6) is 0 Å². The van der Waals surface area contributed by atoms with E-state index in [1.807, 2.05) is 13.8 Å². The van der Waals surface area contributed by atoms with Crippen LogP contribution in [-0.4, -0.2) is 17.6 Å². The van der Waals surface area contributed by atoms with E-state index < -0.39 is 0 Å². The van der Waals surface area contributed by atoms with Crippen LogP contribution < -0.4 is 5.32 Å². The third-order valence-electron chi connectivity index (χ3n) is 1.86. The molecule has 0 bridgehead atoms. The molecule has 1 rings (SSSR count). The van der Waals surface area contributed by atoms with Crippen LogP contribution in [0.2, 0.25) is 0 Å². The summed E-state index contributed by atoms with van der Waals surface area (Å²) in [6, 6.07) is 0. The summed E-state index contributed by atoms with van der Waals surface area (Å²) in [6.45, 7) is 8.30. The first-order valence-electron chi connectivity index (χ1n) is 5.48. The molecule has 0 amide bonds. The van der Waals surface area contributed by atoms with Crippen molar-refractivity contribution in [1.82, 2.24) is 10.3 Å². The van der Waals surface area contributed by atoms with Gasteiger partial charge in [0.2, 0.25) is 5.89 Å². The predicted octanol–water partition coefficient (Wildman–Crippen LogP) is 2.10. The molecule has 0 radical (unpaired) electrons. The number of rotatable bonds is 7. The molecule has 0 saturated carbocycles. The smallest absolute Gasteiger partial charge is 0.208 e. The van der Waals surface area contributed by atoms with E-state index in [1.54, 1.807) is 6.20 Å². The molecule has 4 nitrogen and oxygen atoms in total. The summed E-state index contributed by atoms with van der Waals surface area (Å²) in [5.41, 5.74) is 0. The number of ether oxygens (including phenoxy) is 1. The lowest BCUT2D eigenvalue weighted by Gasteiger charge is -2.03. The summed E-state index contributed by atoms with van der Waals surface area (Å²) in [7, 11) is 0. The molecule has 0 spiro atoms. The summed E-state index contributed by atoms with van der Waals surface area (Å²) in [5, 5.41) is 3.23. The minimum atomic E-state index is 0.219. The lowest BCUT2D eigenvalue weighted by atomic mass is 10.5. The SMILES string of the molecule is CCCNCc1ncc(COC(C)C)o1. The molecule has 4 heteroatoms. The fourth-order valence-electron chi connectivity index (χ4n) is 1.12. The van der Waals surface area contributed by atoms with Crippen molar-refractivity contribution in [2.45, 2.75) is 46.4 Å². The zero-order chi connectivity index (χ0) is 11.1. The van der Waals surface area contributed by atoms with Gasteiger partial charge in [-0.05, 0) is 26.8 Å². The molecule has 1 heterocycles. The molecule has 86 valence electrons. The Labute approximate surface area is 91.0 Å². The van der Waals surface area contributed by atoms with E-state index in [2.05, 4.69) is 17.2 Å². The monoisotopic (exact) mass is 212 g/mol. The Balaban J connectivity index is 2.29. The van der Waals surface area contributed by atoms with Crippen LogP contribution in [0.15, 0.2) is 10.6 Å². The third kappa shape index (κ3) is 4.95. The Morgan fingerprint density at radius 1 is 1.53 bits per heavy atom. The quantitative estimate of drug-likeness (QED) is 0.703. The highest BCUT2D eigenvalue weighted by molar-refractivity contribution is 4.92. The van der Waals surface area contributed by atoms with E-state index in [1.165, 1.54) is 0 Å². The van der Waals surface area contributed by atoms with Gasteiger partial charge in [0.25, 0.3) is 0 Å². The Bertz CT molecular complexity index is 271. The van der Waals surface area contributed by atoms with E-state index in [9.17, 15) is 0 Å². The minimum absolute atomic E-state index is 0.219. The highest BCUT2D eigenvalue weighted by atomic mass is 16.5. The molecule has 0 aliphatic heterocycles. The molecule has 0 aliphatic rings. The van der Waals surface area contributed by atoms with E-state index in [0.717, 1.165) is 24.6 Å². The van der Waals surface area contributed by atoms with Crippen LogP contribution in [0.25, 0.3) is 0 Å². The van der Waals surface area contributed by atoms with Gasteiger partial charge in [-0.2, -0.15) is 0 Å². The maximum atomic E-state index is 5.48. The van der Waals surface area contributed by atoms with Crippen molar-refractivity contribution in [2.24, 2.45) is 0 Å². The highest BCUT2D eigenvalue weighted by Crippen LogP contribution is 2.06. The number of oxazole rings is 1. The minimum Gasteiger partial charge on any atom is -0.442 e. The predicted molar refractivity (Wildman–Crippen MR) is 58.4 cm³/mol. The fraction of sp³-hybridized carbons (Fsp3) is 0.727. The van der Waals surface area contributed by atoms with Crippen molar-refractivity contribution in [3.05, 3.63) is 17.8 Å².